The third-order valence-corrected chi connectivity index (χ3v) is 6.24. The molecule has 4 rings (SSSR count). The minimum absolute atomic E-state index is 0.104. The van der Waals surface area contributed by atoms with Crippen LogP contribution in [-0.4, -0.2) is 34.0 Å². The largest absolute Gasteiger partial charge is 0.284 e. The van der Waals surface area contributed by atoms with Crippen molar-refractivity contribution in [3.05, 3.63) is 76.2 Å². The molecule has 0 saturated carbocycles. The summed E-state index contributed by atoms with van der Waals surface area (Å²) < 4.78 is 41.2. The van der Waals surface area contributed by atoms with E-state index in [0.717, 1.165) is 11.1 Å². The van der Waals surface area contributed by atoms with Gasteiger partial charge in [-0.2, -0.15) is 9.40 Å². The Morgan fingerprint density at radius 1 is 1.15 bits per heavy atom. The molecule has 26 heavy (non-hydrogen) atoms. The lowest BCUT2D eigenvalue weighted by Crippen LogP contribution is -2.37. The zero-order valence-corrected chi connectivity index (χ0v) is 14.4. The van der Waals surface area contributed by atoms with Crippen LogP contribution in [0.2, 0.25) is 0 Å². The van der Waals surface area contributed by atoms with E-state index < -0.39 is 15.8 Å². The fourth-order valence-electron chi connectivity index (χ4n) is 3.04. The Hall–Kier alpha value is -2.78. The Morgan fingerprint density at radius 2 is 1.92 bits per heavy atom. The van der Waals surface area contributed by atoms with Crippen LogP contribution in [0.5, 0.6) is 0 Å². The Labute approximate surface area is 148 Å². The molecule has 0 radical (unpaired) electrons. The smallest absolute Gasteiger partial charge is 0.255 e. The Kier molecular flexibility index (Phi) is 3.97. The van der Waals surface area contributed by atoms with Crippen LogP contribution in [0.25, 0.3) is 5.69 Å². The summed E-state index contributed by atoms with van der Waals surface area (Å²) in [5, 5.41) is 6.20. The van der Waals surface area contributed by atoms with Crippen LogP contribution < -0.4 is 5.56 Å². The van der Waals surface area contributed by atoms with Gasteiger partial charge >= 0.3 is 0 Å². The predicted molar refractivity (Wildman–Crippen MR) is 91.9 cm³/mol. The van der Waals surface area contributed by atoms with Crippen LogP contribution >= 0.6 is 0 Å². The zero-order valence-electron chi connectivity index (χ0n) is 13.6. The summed E-state index contributed by atoms with van der Waals surface area (Å²) in [6, 6.07) is 7.08. The fraction of sp³-hybridized carbons (Fsp3) is 0.176. The first-order valence-electron chi connectivity index (χ1n) is 7.94. The molecule has 0 aliphatic carbocycles. The van der Waals surface area contributed by atoms with Crippen LogP contribution in [0.3, 0.4) is 0 Å². The van der Waals surface area contributed by atoms with E-state index in [1.165, 1.54) is 51.6 Å². The number of hydrogen-bond donors (Lipinski definition) is 1. The van der Waals surface area contributed by atoms with Crippen molar-refractivity contribution in [3.8, 4) is 5.69 Å². The number of nitrogens with zero attached hydrogens (tertiary/aromatic N) is 3. The number of aromatic nitrogens is 3. The quantitative estimate of drug-likeness (QED) is 0.752. The van der Waals surface area contributed by atoms with Gasteiger partial charge in [-0.15, -0.1) is 0 Å². The number of rotatable bonds is 3. The molecule has 0 spiro atoms. The molecule has 0 amide bonds. The highest BCUT2D eigenvalue weighted by molar-refractivity contribution is 7.89. The molecular formula is C17H15FN4O3S. The average molecular weight is 374 g/mol. The maximum atomic E-state index is 13.1. The maximum absolute atomic E-state index is 13.1. The number of benzene rings is 1. The molecule has 1 N–H and O–H groups in total. The first kappa shape index (κ1) is 16.7. The van der Waals surface area contributed by atoms with Gasteiger partial charge in [0.1, 0.15) is 10.7 Å². The first-order valence-corrected chi connectivity index (χ1v) is 9.38. The van der Waals surface area contributed by atoms with Gasteiger partial charge in [-0.25, -0.2) is 12.8 Å². The van der Waals surface area contributed by atoms with Gasteiger partial charge < -0.3 is 0 Å². The van der Waals surface area contributed by atoms with Gasteiger partial charge in [0.05, 0.1) is 6.20 Å². The molecule has 0 atom stereocenters. The van der Waals surface area contributed by atoms with E-state index >= 15 is 0 Å². The van der Waals surface area contributed by atoms with Gasteiger partial charge in [-0.3, -0.25) is 14.5 Å². The molecule has 3 aromatic rings. The Morgan fingerprint density at radius 3 is 2.62 bits per heavy atom. The van der Waals surface area contributed by atoms with Crippen molar-refractivity contribution in [1.29, 1.82) is 0 Å². The Bertz CT molecular complexity index is 1110. The van der Waals surface area contributed by atoms with E-state index in [1.807, 2.05) is 0 Å². The van der Waals surface area contributed by atoms with E-state index in [2.05, 4.69) is 10.2 Å². The van der Waals surface area contributed by atoms with E-state index in [4.69, 9.17) is 0 Å². The second-order valence-corrected chi connectivity index (χ2v) is 7.97. The zero-order chi connectivity index (χ0) is 18.3. The van der Waals surface area contributed by atoms with E-state index in [1.54, 1.807) is 6.20 Å². The van der Waals surface area contributed by atoms with Crippen molar-refractivity contribution in [3.63, 3.8) is 0 Å². The van der Waals surface area contributed by atoms with E-state index in [-0.39, 0.29) is 17.0 Å². The van der Waals surface area contributed by atoms with Crippen LogP contribution in [-0.2, 0) is 23.0 Å². The molecule has 0 saturated heterocycles. The predicted octanol–water partition coefficient (Wildman–Crippen LogP) is 1.45. The van der Waals surface area contributed by atoms with Crippen molar-refractivity contribution >= 4 is 10.0 Å². The number of nitrogens with one attached hydrogen (secondary N) is 1. The molecule has 0 unspecified atom stereocenters. The molecule has 0 fully saturated rings. The number of sulfonamides is 1. The molecule has 9 heteroatoms. The summed E-state index contributed by atoms with van der Waals surface area (Å²) in [5.74, 6) is -0.392. The van der Waals surface area contributed by atoms with Crippen molar-refractivity contribution in [1.82, 2.24) is 19.1 Å². The van der Waals surface area contributed by atoms with Crippen LogP contribution in [0.15, 0.2) is 58.6 Å². The fourth-order valence-corrected chi connectivity index (χ4v) is 4.37. The highest BCUT2D eigenvalue weighted by Gasteiger charge is 2.29. The highest BCUT2D eigenvalue weighted by atomic mass is 32.2. The number of hydrogen-bond acceptors (Lipinski definition) is 4. The molecule has 2 aromatic heterocycles. The molecular weight excluding hydrogens is 359 g/mol. The topological polar surface area (TPSA) is 88.1 Å². The third kappa shape index (κ3) is 2.85. The molecule has 1 aromatic carbocycles. The second kappa shape index (κ2) is 6.19. The third-order valence-electron chi connectivity index (χ3n) is 4.43. The summed E-state index contributed by atoms with van der Waals surface area (Å²) in [6.45, 7) is 0.449. The van der Waals surface area contributed by atoms with Crippen molar-refractivity contribution in [2.24, 2.45) is 0 Å². The minimum Gasteiger partial charge on any atom is -0.284 e. The lowest BCUT2D eigenvalue weighted by atomic mass is 10.0. The van der Waals surface area contributed by atoms with Gasteiger partial charge in [-0.05, 0) is 41.8 Å². The molecule has 134 valence electrons. The van der Waals surface area contributed by atoms with Gasteiger partial charge in [0.2, 0.25) is 10.0 Å². The van der Waals surface area contributed by atoms with Gasteiger partial charge in [0.15, 0.2) is 0 Å². The van der Waals surface area contributed by atoms with Gasteiger partial charge in [0.25, 0.3) is 5.56 Å². The molecule has 0 bridgehead atoms. The summed E-state index contributed by atoms with van der Waals surface area (Å²) >= 11 is 0. The normalized spacial score (nSPS) is 15.0. The molecule has 7 nitrogen and oxygen atoms in total. The molecule has 3 heterocycles. The SMILES string of the molecule is O=c1cc2c(cn1-c1ccc(F)cc1)CN(S(=O)(=O)c1cn[nH]c1)CC2. The van der Waals surface area contributed by atoms with Crippen LogP contribution in [0.4, 0.5) is 4.39 Å². The van der Waals surface area contributed by atoms with E-state index in [0.29, 0.717) is 18.7 Å². The van der Waals surface area contributed by atoms with E-state index in [9.17, 15) is 17.6 Å². The van der Waals surface area contributed by atoms with Crippen molar-refractivity contribution in [2.45, 2.75) is 17.9 Å². The summed E-state index contributed by atoms with van der Waals surface area (Å²) in [6.07, 6.45) is 4.68. The first-order chi connectivity index (χ1) is 12.4. The minimum atomic E-state index is -3.65. The van der Waals surface area contributed by atoms with Crippen molar-refractivity contribution in [2.75, 3.05) is 6.54 Å². The number of H-pyrrole nitrogens is 1. The van der Waals surface area contributed by atoms with Crippen molar-refractivity contribution < 1.29 is 12.8 Å². The lowest BCUT2D eigenvalue weighted by molar-refractivity contribution is 0.390. The summed E-state index contributed by atoms with van der Waals surface area (Å²) in [5.41, 5.74) is 1.86. The number of halogens is 1. The molecule has 1 aliphatic rings. The van der Waals surface area contributed by atoms with Crippen LogP contribution in [0, 0.1) is 5.82 Å². The Balaban J connectivity index is 1.72. The lowest BCUT2D eigenvalue weighted by Gasteiger charge is -2.28. The second-order valence-electron chi connectivity index (χ2n) is 6.03. The standard InChI is InChI=1S/C17H15FN4O3S/c18-14-1-3-15(4-2-14)22-11-13-10-21(6-5-12(13)7-17(22)23)26(24,25)16-8-19-20-9-16/h1-4,7-9,11H,5-6,10H2,(H,19,20). The maximum Gasteiger partial charge on any atom is 0.255 e. The summed E-state index contributed by atoms with van der Waals surface area (Å²) in [4.78, 5) is 12.5. The highest BCUT2D eigenvalue weighted by Crippen LogP contribution is 2.24. The molecule has 1 aliphatic heterocycles. The van der Waals surface area contributed by atoms with Gasteiger partial charge in [0, 0.05) is 37.2 Å². The van der Waals surface area contributed by atoms with Crippen LogP contribution in [0.1, 0.15) is 11.1 Å². The summed E-state index contributed by atoms with van der Waals surface area (Å²) in [7, 11) is -3.65. The number of aromatic amines is 1. The number of pyridine rings is 1. The number of fused-ring (bicyclic) bond motifs is 1. The monoisotopic (exact) mass is 374 g/mol. The average Bonchev–Trinajstić information content (AvgIpc) is 3.17. The van der Waals surface area contributed by atoms with Gasteiger partial charge in [-0.1, -0.05) is 0 Å².